The number of carbonyl (C=O) groups excluding carboxylic acids is 1. The third-order valence-corrected chi connectivity index (χ3v) is 2.01. The van der Waals surface area contributed by atoms with Crippen molar-refractivity contribution >= 4 is 5.97 Å². The van der Waals surface area contributed by atoms with E-state index in [0.29, 0.717) is 13.0 Å². The highest BCUT2D eigenvalue weighted by molar-refractivity contribution is 5.69. The average molecular weight is 196 g/mol. The molecule has 0 bridgehead atoms. The van der Waals surface area contributed by atoms with Gasteiger partial charge >= 0.3 is 5.97 Å². The molecule has 0 aliphatic heterocycles. The van der Waals surface area contributed by atoms with Crippen LogP contribution in [0.4, 0.5) is 0 Å². The van der Waals surface area contributed by atoms with Gasteiger partial charge in [-0.05, 0) is 20.3 Å². The minimum atomic E-state index is -0.120. The van der Waals surface area contributed by atoms with Crippen LogP contribution in [-0.2, 0) is 16.1 Å². The summed E-state index contributed by atoms with van der Waals surface area (Å²) in [6.45, 7) is 5.05. The lowest BCUT2D eigenvalue weighted by molar-refractivity contribution is -0.143. The van der Waals surface area contributed by atoms with E-state index in [9.17, 15) is 4.79 Å². The van der Waals surface area contributed by atoms with Gasteiger partial charge in [-0.3, -0.25) is 4.79 Å². The number of rotatable bonds is 5. The summed E-state index contributed by atoms with van der Waals surface area (Å²) < 4.78 is 6.85. The lowest BCUT2D eigenvalue weighted by atomic mass is 10.3. The third-order valence-electron chi connectivity index (χ3n) is 2.01. The molecule has 14 heavy (non-hydrogen) atoms. The molecule has 1 aromatic rings. The lowest BCUT2D eigenvalue weighted by Crippen LogP contribution is -2.06. The monoisotopic (exact) mass is 196 g/mol. The summed E-state index contributed by atoms with van der Waals surface area (Å²) in [4.78, 5) is 15.1. The Bertz CT molecular complexity index is 294. The van der Waals surface area contributed by atoms with E-state index in [1.54, 1.807) is 6.20 Å². The van der Waals surface area contributed by atoms with Gasteiger partial charge in [-0.15, -0.1) is 0 Å². The van der Waals surface area contributed by atoms with Crippen molar-refractivity contribution in [3.8, 4) is 0 Å². The number of aryl methyl sites for hydroxylation is 2. The van der Waals surface area contributed by atoms with Crippen LogP contribution in [0.5, 0.6) is 0 Å². The second-order valence-electron chi connectivity index (χ2n) is 3.08. The molecule has 0 saturated heterocycles. The Labute approximate surface area is 83.9 Å². The van der Waals surface area contributed by atoms with Crippen LogP contribution in [0, 0.1) is 6.92 Å². The molecule has 0 aromatic carbocycles. The second-order valence-corrected chi connectivity index (χ2v) is 3.08. The summed E-state index contributed by atoms with van der Waals surface area (Å²) in [6.07, 6.45) is 4.96. The van der Waals surface area contributed by atoms with Gasteiger partial charge < -0.3 is 9.30 Å². The highest BCUT2D eigenvalue weighted by Gasteiger charge is 2.02. The Kier molecular flexibility index (Phi) is 4.16. The Hall–Kier alpha value is -1.32. The molecular weight excluding hydrogens is 180 g/mol. The Morgan fingerprint density at radius 2 is 2.43 bits per heavy atom. The molecule has 0 fully saturated rings. The number of imidazole rings is 1. The number of carbonyl (C=O) groups is 1. The van der Waals surface area contributed by atoms with E-state index in [2.05, 4.69) is 4.98 Å². The van der Waals surface area contributed by atoms with Crippen LogP contribution >= 0.6 is 0 Å². The molecule has 0 atom stereocenters. The first kappa shape index (κ1) is 10.8. The average Bonchev–Trinajstić information content (AvgIpc) is 2.52. The smallest absolute Gasteiger partial charge is 0.305 e. The molecule has 0 amide bonds. The van der Waals surface area contributed by atoms with Crippen LogP contribution in [0.2, 0.25) is 0 Å². The molecule has 0 N–H and O–H groups in total. The number of nitrogens with zero attached hydrogens (tertiary/aromatic N) is 2. The Morgan fingerprint density at radius 1 is 1.64 bits per heavy atom. The normalized spacial score (nSPS) is 10.1. The van der Waals surface area contributed by atoms with Gasteiger partial charge in [-0.2, -0.15) is 0 Å². The van der Waals surface area contributed by atoms with Gasteiger partial charge in [0.2, 0.25) is 0 Å². The predicted molar refractivity (Wildman–Crippen MR) is 52.8 cm³/mol. The molecule has 1 aromatic heterocycles. The number of aromatic nitrogens is 2. The fourth-order valence-corrected chi connectivity index (χ4v) is 1.27. The number of hydrogen-bond donors (Lipinski definition) is 0. The highest BCUT2D eigenvalue weighted by Crippen LogP contribution is 2.00. The van der Waals surface area contributed by atoms with Gasteiger partial charge in [0, 0.05) is 25.4 Å². The van der Waals surface area contributed by atoms with Crippen molar-refractivity contribution in [2.75, 3.05) is 6.61 Å². The van der Waals surface area contributed by atoms with Crippen molar-refractivity contribution in [2.45, 2.75) is 33.2 Å². The van der Waals surface area contributed by atoms with Gasteiger partial charge in [0.25, 0.3) is 0 Å². The van der Waals surface area contributed by atoms with E-state index in [-0.39, 0.29) is 5.97 Å². The van der Waals surface area contributed by atoms with Crippen LogP contribution in [-0.4, -0.2) is 22.1 Å². The van der Waals surface area contributed by atoms with E-state index in [4.69, 9.17) is 4.74 Å². The van der Waals surface area contributed by atoms with Crippen molar-refractivity contribution in [3.63, 3.8) is 0 Å². The van der Waals surface area contributed by atoms with Gasteiger partial charge in [-0.1, -0.05) is 0 Å². The minimum Gasteiger partial charge on any atom is -0.466 e. The fraction of sp³-hybridized carbons (Fsp3) is 0.600. The van der Waals surface area contributed by atoms with Crippen molar-refractivity contribution in [1.29, 1.82) is 0 Å². The number of ether oxygens (including phenoxy) is 1. The van der Waals surface area contributed by atoms with Crippen LogP contribution in [0.3, 0.4) is 0 Å². The fourth-order valence-electron chi connectivity index (χ4n) is 1.27. The third kappa shape index (κ3) is 3.20. The van der Waals surface area contributed by atoms with E-state index in [1.807, 2.05) is 24.6 Å². The standard InChI is InChI=1S/C10H16N2O2/c1-3-14-10(13)5-4-7-12-8-6-11-9(12)2/h6,8H,3-5,7H2,1-2H3. The largest absolute Gasteiger partial charge is 0.466 e. The molecular formula is C10H16N2O2. The maximum atomic E-state index is 11.0. The van der Waals surface area contributed by atoms with Crippen molar-refractivity contribution in [1.82, 2.24) is 9.55 Å². The quantitative estimate of drug-likeness (QED) is 0.671. The molecule has 0 saturated carbocycles. The zero-order valence-electron chi connectivity index (χ0n) is 8.69. The zero-order chi connectivity index (χ0) is 10.4. The van der Waals surface area contributed by atoms with Crippen LogP contribution < -0.4 is 0 Å². The topological polar surface area (TPSA) is 44.1 Å². The van der Waals surface area contributed by atoms with Crippen LogP contribution in [0.15, 0.2) is 12.4 Å². The van der Waals surface area contributed by atoms with E-state index >= 15 is 0 Å². The van der Waals surface area contributed by atoms with Crippen LogP contribution in [0.25, 0.3) is 0 Å². The highest BCUT2D eigenvalue weighted by atomic mass is 16.5. The van der Waals surface area contributed by atoms with Crippen molar-refractivity contribution in [3.05, 3.63) is 18.2 Å². The molecule has 4 heteroatoms. The first-order valence-electron chi connectivity index (χ1n) is 4.87. The number of esters is 1. The van der Waals surface area contributed by atoms with E-state index in [1.165, 1.54) is 0 Å². The molecule has 0 aliphatic carbocycles. The Morgan fingerprint density at radius 3 is 3.00 bits per heavy atom. The molecule has 0 aliphatic rings. The number of hydrogen-bond acceptors (Lipinski definition) is 3. The maximum Gasteiger partial charge on any atom is 0.305 e. The molecule has 0 radical (unpaired) electrons. The molecule has 1 heterocycles. The van der Waals surface area contributed by atoms with Gasteiger partial charge in [0.05, 0.1) is 6.61 Å². The molecule has 0 spiro atoms. The predicted octanol–water partition coefficient (Wildman–Crippen LogP) is 1.53. The van der Waals surface area contributed by atoms with Gasteiger partial charge in [-0.25, -0.2) is 4.98 Å². The van der Waals surface area contributed by atoms with Gasteiger partial charge in [0.15, 0.2) is 0 Å². The second kappa shape index (κ2) is 5.42. The summed E-state index contributed by atoms with van der Waals surface area (Å²) in [6, 6.07) is 0. The van der Waals surface area contributed by atoms with E-state index < -0.39 is 0 Å². The maximum absolute atomic E-state index is 11.0. The SMILES string of the molecule is CCOC(=O)CCCn1ccnc1C. The molecule has 78 valence electrons. The van der Waals surface area contributed by atoms with Gasteiger partial charge in [0.1, 0.15) is 5.82 Å². The minimum absolute atomic E-state index is 0.120. The summed E-state index contributed by atoms with van der Waals surface area (Å²) >= 11 is 0. The molecule has 1 rings (SSSR count). The zero-order valence-corrected chi connectivity index (χ0v) is 8.69. The molecule has 0 unspecified atom stereocenters. The van der Waals surface area contributed by atoms with Crippen LogP contribution in [0.1, 0.15) is 25.6 Å². The summed E-state index contributed by atoms with van der Waals surface area (Å²) in [5, 5.41) is 0. The summed E-state index contributed by atoms with van der Waals surface area (Å²) in [7, 11) is 0. The first-order chi connectivity index (χ1) is 6.74. The van der Waals surface area contributed by atoms with E-state index in [0.717, 1.165) is 18.8 Å². The lowest BCUT2D eigenvalue weighted by Gasteiger charge is -2.04. The molecule has 4 nitrogen and oxygen atoms in total. The summed E-state index contributed by atoms with van der Waals surface area (Å²) in [5.74, 6) is 0.860. The van der Waals surface area contributed by atoms with Crippen molar-refractivity contribution in [2.24, 2.45) is 0 Å². The summed E-state index contributed by atoms with van der Waals surface area (Å²) in [5.41, 5.74) is 0. The first-order valence-corrected chi connectivity index (χ1v) is 4.87. The van der Waals surface area contributed by atoms with Crippen molar-refractivity contribution < 1.29 is 9.53 Å². The Balaban J connectivity index is 2.22.